The highest BCUT2D eigenvalue weighted by atomic mass is 79.9. The number of halogens is 1. The average molecular weight is 305 g/mol. The van der Waals surface area contributed by atoms with Crippen molar-refractivity contribution in [2.45, 2.75) is 13.0 Å². The third-order valence-electron chi connectivity index (χ3n) is 1.96. The molecule has 1 heterocycles. The number of ether oxygens (including phenoxy) is 2. The highest BCUT2D eigenvalue weighted by molar-refractivity contribution is 9.11. The van der Waals surface area contributed by atoms with E-state index in [1.807, 2.05) is 11.4 Å². The van der Waals surface area contributed by atoms with E-state index >= 15 is 0 Å². The Bertz CT molecular complexity index is 386. The third kappa shape index (κ3) is 3.73. The molecule has 0 bridgehead atoms. The summed E-state index contributed by atoms with van der Waals surface area (Å²) in [5, 5.41) is 1.97. The molecule has 0 saturated heterocycles. The second-order valence-electron chi connectivity index (χ2n) is 3.29. The SMILES string of the molecule is C=C(C)C(=O)OCC(OC)c1csc(Br)c1. The monoisotopic (exact) mass is 304 g/mol. The molecule has 1 aromatic heterocycles. The molecule has 1 atom stereocenters. The van der Waals surface area contributed by atoms with E-state index < -0.39 is 5.97 Å². The first-order valence-corrected chi connectivity index (χ1v) is 6.31. The molecule has 0 radical (unpaired) electrons. The molecule has 88 valence electrons. The van der Waals surface area contributed by atoms with Gasteiger partial charge in [0.15, 0.2) is 0 Å². The molecule has 1 aromatic rings. The number of hydrogen-bond acceptors (Lipinski definition) is 4. The molecule has 0 fully saturated rings. The van der Waals surface area contributed by atoms with Gasteiger partial charge in [0, 0.05) is 12.7 Å². The zero-order chi connectivity index (χ0) is 12.1. The second kappa shape index (κ2) is 6.18. The van der Waals surface area contributed by atoms with Gasteiger partial charge in [0.2, 0.25) is 0 Å². The van der Waals surface area contributed by atoms with Gasteiger partial charge >= 0.3 is 5.97 Å². The minimum atomic E-state index is -0.392. The van der Waals surface area contributed by atoms with Crippen LogP contribution in [-0.2, 0) is 14.3 Å². The van der Waals surface area contributed by atoms with Gasteiger partial charge < -0.3 is 9.47 Å². The quantitative estimate of drug-likeness (QED) is 0.618. The van der Waals surface area contributed by atoms with Crippen molar-refractivity contribution in [3.63, 3.8) is 0 Å². The fourth-order valence-electron chi connectivity index (χ4n) is 1.07. The van der Waals surface area contributed by atoms with Crippen molar-refractivity contribution in [3.05, 3.63) is 32.9 Å². The zero-order valence-corrected chi connectivity index (χ0v) is 11.6. The van der Waals surface area contributed by atoms with E-state index in [0.717, 1.165) is 9.35 Å². The van der Waals surface area contributed by atoms with Crippen LogP contribution in [0.5, 0.6) is 0 Å². The molecule has 0 spiro atoms. The van der Waals surface area contributed by atoms with Gasteiger partial charge in [-0.1, -0.05) is 6.58 Å². The van der Waals surface area contributed by atoms with Crippen LogP contribution in [0.2, 0.25) is 0 Å². The van der Waals surface area contributed by atoms with Gasteiger partial charge in [-0.3, -0.25) is 0 Å². The lowest BCUT2D eigenvalue weighted by Gasteiger charge is -2.14. The molecule has 16 heavy (non-hydrogen) atoms. The maximum Gasteiger partial charge on any atom is 0.333 e. The Hall–Kier alpha value is -0.650. The topological polar surface area (TPSA) is 35.5 Å². The van der Waals surface area contributed by atoms with E-state index in [4.69, 9.17) is 9.47 Å². The number of carbonyl (C=O) groups excluding carboxylic acids is 1. The molecule has 1 unspecified atom stereocenters. The van der Waals surface area contributed by atoms with Gasteiger partial charge in [-0.2, -0.15) is 0 Å². The van der Waals surface area contributed by atoms with Crippen molar-refractivity contribution < 1.29 is 14.3 Å². The van der Waals surface area contributed by atoms with Crippen LogP contribution in [0, 0.1) is 0 Å². The minimum absolute atomic E-state index is 0.200. The molecular formula is C11H13BrO3S. The maximum absolute atomic E-state index is 11.2. The van der Waals surface area contributed by atoms with Gasteiger partial charge in [0.05, 0.1) is 3.79 Å². The number of methoxy groups -OCH3 is 1. The molecule has 0 aliphatic carbocycles. The van der Waals surface area contributed by atoms with E-state index in [0.29, 0.717) is 5.57 Å². The molecule has 0 aromatic carbocycles. The first-order valence-electron chi connectivity index (χ1n) is 4.64. The number of esters is 1. The molecule has 3 nitrogen and oxygen atoms in total. The Balaban J connectivity index is 2.56. The largest absolute Gasteiger partial charge is 0.459 e. The Morgan fingerprint density at radius 1 is 1.69 bits per heavy atom. The fourth-order valence-corrected chi connectivity index (χ4v) is 2.28. The summed E-state index contributed by atoms with van der Waals surface area (Å²) in [4.78, 5) is 11.2. The predicted octanol–water partition coefficient (Wildman–Crippen LogP) is 3.32. The lowest BCUT2D eigenvalue weighted by molar-refractivity contribution is -0.142. The molecule has 0 N–H and O–H groups in total. The van der Waals surface area contributed by atoms with Crippen LogP contribution in [0.3, 0.4) is 0 Å². The average Bonchev–Trinajstić information content (AvgIpc) is 2.65. The van der Waals surface area contributed by atoms with E-state index in [9.17, 15) is 4.79 Å². The van der Waals surface area contributed by atoms with Crippen LogP contribution < -0.4 is 0 Å². The lowest BCUT2D eigenvalue weighted by atomic mass is 10.2. The predicted molar refractivity (Wildman–Crippen MR) is 67.5 cm³/mol. The highest BCUT2D eigenvalue weighted by Crippen LogP contribution is 2.27. The number of hydrogen-bond donors (Lipinski definition) is 0. The van der Waals surface area contributed by atoms with Crippen molar-refractivity contribution in [1.82, 2.24) is 0 Å². The normalized spacial score (nSPS) is 12.2. The van der Waals surface area contributed by atoms with Crippen molar-refractivity contribution in [3.8, 4) is 0 Å². The molecular weight excluding hydrogens is 292 g/mol. The molecule has 0 aliphatic rings. The smallest absolute Gasteiger partial charge is 0.333 e. The number of thiophene rings is 1. The van der Waals surface area contributed by atoms with Crippen LogP contribution in [-0.4, -0.2) is 19.7 Å². The summed E-state index contributed by atoms with van der Waals surface area (Å²) >= 11 is 4.94. The lowest BCUT2D eigenvalue weighted by Crippen LogP contribution is -2.14. The van der Waals surface area contributed by atoms with Crippen molar-refractivity contribution >= 4 is 33.2 Å². The molecule has 5 heteroatoms. The summed E-state index contributed by atoms with van der Waals surface area (Å²) in [6, 6.07) is 1.95. The summed E-state index contributed by atoms with van der Waals surface area (Å²) in [5.74, 6) is -0.392. The van der Waals surface area contributed by atoms with Crippen molar-refractivity contribution in [2.75, 3.05) is 13.7 Å². The van der Waals surface area contributed by atoms with Gasteiger partial charge in [0.1, 0.15) is 12.7 Å². The van der Waals surface area contributed by atoms with E-state index in [1.54, 1.807) is 25.4 Å². The first-order chi connectivity index (χ1) is 7.54. The minimum Gasteiger partial charge on any atom is -0.459 e. The van der Waals surface area contributed by atoms with Gasteiger partial charge in [-0.05, 0) is 39.9 Å². The van der Waals surface area contributed by atoms with Gasteiger partial charge in [-0.15, -0.1) is 11.3 Å². The van der Waals surface area contributed by atoms with Gasteiger partial charge in [-0.25, -0.2) is 4.79 Å². The van der Waals surface area contributed by atoms with Gasteiger partial charge in [0.25, 0.3) is 0 Å². The first kappa shape index (κ1) is 13.4. The Labute approximate surface area is 107 Å². The van der Waals surface area contributed by atoms with Crippen molar-refractivity contribution in [2.24, 2.45) is 0 Å². The fraction of sp³-hybridized carbons (Fsp3) is 0.364. The number of rotatable bonds is 5. The summed E-state index contributed by atoms with van der Waals surface area (Å²) < 4.78 is 11.3. The van der Waals surface area contributed by atoms with E-state index in [2.05, 4.69) is 22.5 Å². The zero-order valence-electron chi connectivity index (χ0n) is 9.16. The maximum atomic E-state index is 11.2. The summed E-state index contributed by atoms with van der Waals surface area (Å²) in [5.41, 5.74) is 1.38. The Morgan fingerprint density at radius 2 is 2.38 bits per heavy atom. The Morgan fingerprint density at radius 3 is 2.81 bits per heavy atom. The molecule has 1 rings (SSSR count). The standard InChI is InChI=1S/C11H13BrO3S/c1-7(2)11(13)15-5-9(14-3)8-4-10(12)16-6-8/h4,6,9H,1,5H2,2-3H3. The number of carbonyl (C=O) groups is 1. The summed E-state index contributed by atoms with van der Waals surface area (Å²) in [6.07, 6.45) is -0.231. The highest BCUT2D eigenvalue weighted by Gasteiger charge is 2.15. The summed E-state index contributed by atoms with van der Waals surface area (Å²) in [7, 11) is 1.59. The second-order valence-corrected chi connectivity index (χ2v) is 5.58. The molecule has 0 saturated carbocycles. The van der Waals surface area contributed by atoms with Crippen LogP contribution in [0.1, 0.15) is 18.6 Å². The third-order valence-corrected chi connectivity index (χ3v) is 3.48. The molecule has 0 aliphatic heterocycles. The summed E-state index contributed by atoms with van der Waals surface area (Å²) in [6.45, 7) is 5.33. The van der Waals surface area contributed by atoms with E-state index in [1.165, 1.54) is 0 Å². The van der Waals surface area contributed by atoms with Crippen LogP contribution in [0.4, 0.5) is 0 Å². The molecule has 0 amide bonds. The van der Waals surface area contributed by atoms with Crippen LogP contribution in [0.25, 0.3) is 0 Å². The Kier molecular flexibility index (Phi) is 5.18. The van der Waals surface area contributed by atoms with Crippen LogP contribution >= 0.6 is 27.3 Å². The van der Waals surface area contributed by atoms with Crippen LogP contribution in [0.15, 0.2) is 27.4 Å². The van der Waals surface area contributed by atoms with E-state index in [-0.39, 0.29) is 12.7 Å². The van der Waals surface area contributed by atoms with Crippen molar-refractivity contribution in [1.29, 1.82) is 0 Å².